The number of carbonyl (C=O) groups is 2. The zero-order valence-electron chi connectivity index (χ0n) is 12.1. The number of morpholine rings is 1. The molecule has 1 aliphatic heterocycles. The average Bonchev–Trinajstić information content (AvgIpc) is 2.43. The Labute approximate surface area is 121 Å². The second-order valence-corrected chi connectivity index (χ2v) is 5.03. The molecule has 0 unspecified atom stereocenters. The molecule has 1 saturated heterocycles. The number of aromatic carboxylic acids is 1. The molecule has 21 heavy (non-hydrogen) atoms. The first-order chi connectivity index (χ1) is 9.91. The maximum Gasteiger partial charge on any atom is 0.341 e. The zero-order chi connectivity index (χ0) is 15.6. The highest BCUT2D eigenvalue weighted by Crippen LogP contribution is 2.07. The number of pyridine rings is 1. The van der Waals surface area contributed by atoms with Gasteiger partial charge < -0.3 is 19.3 Å². The van der Waals surface area contributed by atoms with Gasteiger partial charge in [0.1, 0.15) is 12.1 Å². The number of amides is 1. The Morgan fingerprint density at radius 3 is 2.48 bits per heavy atom. The summed E-state index contributed by atoms with van der Waals surface area (Å²) >= 11 is 0. The van der Waals surface area contributed by atoms with Crippen molar-refractivity contribution >= 4 is 11.9 Å². The Bertz CT molecular complexity index is 629. The molecule has 7 heteroatoms. The van der Waals surface area contributed by atoms with Crippen molar-refractivity contribution in [2.75, 3.05) is 26.3 Å². The number of ether oxygens (including phenoxy) is 1. The van der Waals surface area contributed by atoms with Crippen molar-refractivity contribution in [1.29, 1.82) is 0 Å². The summed E-state index contributed by atoms with van der Waals surface area (Å²) in [7, 11) is 0. The third-order valence-corrected chi connectivity index (χ3v) is 3.58. The van der Waals surface area contributed by atoms with E-state index in [-0.39, 0.29) is 18.0 Å². The zero-order valence-corrected chi connectivity index (χ0v) is 12.1. The Balaban J connectivity index is 2.31. The summed E-state index contributed by atoms with van der Waals surface area (Å²) in [6, 6.07) is 1.61. The molecule has 2 rings (SSSR count). The summed E-state index contributed by atoms with van der Waals surface area (Å²) in [4.78, 5) is 37.2. The van der Waals surface area contributed by atoms with E-state index in [1.54, 1.807) is 24.8 Å². The molecule has 114 valence electrons. The molecule has 0 aliphatic carbocycles. The summed E-state index contributed by atoms with van der Waals surface area (Å²) in [5.41, 5.74) is 0.0566. The van der Waals surface area contributed by atoms with Crippen LogP contribution < -0.4 is 5.56 Å². The minimum Gasteiger partial charge on any atom is -0.477 e. The molecule has 0 bridgehead atoms. The van der Waals surface area contributed by atoms with Crippen molar-refractivity contribution in [2.24, 2.45) is 0 Å². The topological polar surface area (TPSA) is 88.8 Å². The molecular weight excluding hydrogens is 276 g/mol. The minimum atomic E-state index is -1.27. The third-order valence-electron chi connectivity index (χ3n) is 3.58. The lowest BCUT2D eigenvalue weighted by molar-refractivity contribution is -0.136. The Kier molecular flexibility index (Phi) is 4.42. The maximum absolute atomic E-state index is 12.3. The highest BCUT2D eigenvalue weighted by molar-refractivity contribution is 5.89. The lowest BCUT2D eigenvalue weighted by atomic mass is 10.1. The largest absolute Gasteiger partial charge is 0.477 e. The Morgan fingerprint density at radius 1 is 1.29 bits per heavy atom. The second-order valence-electron chi connectivity index (χ2n) is 5.03. The van der Waals surface area contributed by atoms with Gasteiger partial charge in [0.2, 0.25) is 5.91 Å². The van der Waals surface area contributed by atoms with Crippen LogP contribution in [-0.4, -0.2) is 52.8 Å². The van der Waals surface area contributed by atoms with E-state index in [9.17, 15) is 14.4 Å². The van der Waals surface area contributed by atoms with Gasteiger partial charge in [0.15, 0.2) is 0 Å². The van der Waals surface area contributed by atoms with Gasteiger partial charge >= 0.3 is 5.97 Å². The number of carbonyl (C=O) groups excluding carboxylic acids is 1. The smallest absolute Gasteiger partial charge is 0.341 e. The van der Waals surface area contributed by atoms with Crippen molar-refractivity contribution in [1.82, 2.24) is 9.47 Å². The standard InChI is InChI=1S/C14H18N2O5/c1-9-7-10(2)16(13(18)12(9)14(19)20)8-11(17)15-3-5-21-6-4-15/h7H,3-6,8H2,1-2H3,(H,19,20). The van der Waals surface area contributed by atoms with Crippen molar-refractivity contribution in [3.05, 3.63) is 33.2 Å². The highest BCUT2D eigenvalue weighted by Gasteiger charge is 2.21. The number of hydrogen-bond acceptors (Lipinski definition) is 4. The van der Waals surface area contributed by atoms with Crippen molar-refractivity contribution < 1.29 is 19.4 Å². The number of aryl methyl sites for hydroxylation is 2. The molecule has 7 nitrogen and oxygen atoms in total. The van der Waals surface area contributed by atoms with Crippen LogP contribution >= 0.6 is 0 Å². The Morgan fingerprint density at radius 2 is 1.90 bits per heavy atom. The van der Waals surface area contributed by atoms with E-state index in [1.165, 1.54) is 4.57 Å². The summed E-state index contributed by atoms with van der Waals surface area (Å²) < 4.78 is 6.39. The quantitative estimate of drug-likeness (QED) is 0.849. The van der Waals surface area contributed by atoms with E-state index in [2.05, 4.69) is 0 Å². The van der Waals surface area contributed by atoms with E-state index in [1.807, 2.05) is 0 Å². The van der Waals surface area contributed by atoms with E-state index < -0.39 is 11.5 Å². The average molecular weight is 294 g/mol. The molecule has 0 aromatic carbocycles. The molecule has 1 aromatic rings. The first kappa shape index (κ1) is 15.2. The fourth-order valence-electron chi connectivity index (χ4n) is 2.43. The Hall–Kier alpha value is -2.15. The van der Waals surface area contributed by atoms with Crippen LogP contribution in [0.3, 0.4) is 0 Å². The molecule has 1 aromatic heterocycles. The van der Waals surface area contributed by atoms with Crippen molar-refractivity contribution in [3.8, 4) is 0 Å². The van der Waals surface area contributed by atoms with Crippen LogP contribution in [0, 0.1) is 13.8 Å². The number of aromatic nitrogens is 1. The van der Waals surface area contributed by atoms with Crippen LogP contribution in [-0.2, 0) is 16.1 Å². The van der Waals surface area contributed by atoms with Crippen LogP contribution in [0.2, 0.25) is 0 Å². The van der Waals surface area contributed by atoms with Crippen molar-refractivity contribution in [2.45, 2.75) is 20.4 Å². The predicted molar refractivity (Wildman–Crippen MR) is 74.5 cm³/mol. The summed E-state index contributed by atoms with van der Waals surface area (Å²) in [5.74, 6) is -1.48. The summed E-state index contributed by atoms with van der Waals surface area (Å²) in [6.45, 7) is 5.06. The van der Waals surface area contributed by atoms with Gasteiger partial charge in [0.25, 0.3) is 5.56 Å². The van der Waals surface area contributed by atoms with Gasteiger partial charge in [-0.3, -0.25) is 9.59 Å². The first-order valence-electron chi connectivity index (χ1n) is 6.71. The van der Waals surface area contributed by atoms with Gasteiger partial charge in [-0.05, 0) is 25.5 Å². The van der Waals surface area contributed by atoms with Gasteiger partial charge in [-0.25, -0.2) is 4.79 Å². The van der Waals surface area contributed by atoms with Crippen LogP contribution in [0.4, 0.5) is 0 Å². The summed E-state index contributed by atoms with van der Waals surface area (Å²) in [5, 5.41) is 9.12. The molecule has 0 radical (unpaired) electrons. The van der Waals surface area contributed by atoms with Gasteiger partial charge in [0, 0.05) is 18.8 Å². The van der Waals surface area contributed by atoms with Crippen molar-refractivity contribution in [3.63, 3.8) is 0 Å². The normalized spacial score (nSPS) is 15.0. The molecule has 1 aliphatic rings. The number of nitrogens with zero attached hydrogens (tertiary/aromatic N) is 2. The molecule has 0 spiro atoms. The van der Waals surface area contributed by atoms with Crippen LogP contribution in [0.25, 0.3) is 0 Å². The number of hydrogen-bond donors (Lipinski definition) is 1. The van der Waals surface area contributed by atoms with E-state index in [0.717, 1.165) is 0 Å². The number of carboxylic acid groups (broad SMARTS) is 1. The first-order valence-corrected chi connectivity index (χ1v) is 6.71. The molecule has 1 amide bonds. The van der Waals surface area contributed by atoms with E-state index in [0.29, 0.717) is 37.6 Å². The van der Waals surface area contributed by atoms with Gasteiger partial charge in [-0.1, -0.05) is 0 Å². The summed E-state index contributed by atoms with van der Waals surface area (Å²) in [6.07, 6.45) is 0. The monoisotopic (exact) mass is 294 g/mol. The minimum absolute atomic E-state index is 0.148. The highest BCUT2D eigenvalue weighted by atomic mass is 16.5. The lowest BCUT2D eigenvalue weighted by Gasteiger charge is -2.27. The maximum atomic E-state index is 12.3. The predicted octanol–water partition coefficient (Wildman–Crippen LogP) is 0.0221. The van der Waals surface area contributed by atoms with Crippen LogP contribution in [0.15, 0.2) is 10.9 Å². The number of carboxylic acids is 1. The fraction of sp³-hybridized carbons (Fsp3) is 0.500. The van der Waals surface area contributed by atoms with Gasteiger partial charge in [-0.15, -0.1) is 0 Å². The SMILES string of the molecule is Cc1cc(C)n(CC(=O)N2CCOCC2)c(=O)c1C(=O)O. The molecular formula is C14H18N2O5. The second kappa shape index (κ2) is 6.09. The van der Waals surface area contributed by atoms with Gasteiger partial charge in [0.05, 0.1) is 13.2 Å². The van der Waals surface area contributed by atoms with E-state index in [4.69, 9.17) is 9.84 Å². The lowest BCUT2D eigenvalue weighted by Crippen LogP contribution is -2.44. The number of rotatable bonds is 3. The fourth-order valence-corrected chi connectivity index (χ4v) is 2.43. The van der Waals surface area contributed by atoms with Gasteiger partial charge in [-0.2, -0.15) is 0 Å². The van der Waals surface area contributed by atoms with E-state index >= 15 is 0 Å². The molecule has 2 heterocycles. The molecule has 0 saturated carbocycles. The van der Waals surface area contributed by atoms with Crippen LogP contribution in [0.1, 0.15) is 21.6 Å². The van der Waals surface area contributed by atoms with Crippen LogP contribution in [0.5, 0.6) is 0 Å². The molecule has 1 N–H and O–H groups in total. The molecule has 1 fully saturated rings. The third kappa shape index (κ3) is 3.13. The molecule has 0 atom stereocenters.